The van der Waals surface area contributed by atoms with Crippen molar-refractivity contribution in [3.63, 3.8) is 0 Å². The highest BCUT2D eigenvalue weighted by Gasteiger charge is 2.66. The first-order valence-electron chi connectivity index (χ1n) is 11.1. The van der Waals surface area contributed by atoms with Crippen molar-refractivity contribution < 1.29 is 38.7 Å². The van der Waals surface area contributed by atoms with Crippen molar-refractivity contribution in [3.05, 3.63) is 29.7 Å². The molecule has 11 heteroatoms. The number of Topliss-reactive ketones (excluding diaryl/α,β-unsaturated/α-hetero) is 4. The fourth-order valence-corrected chi connectivity index (χ4v) is 5.97. The van der Waals surface area contributed by atoms with E-state index in [-0.39, 0.29) is 36.1 Å². The molecule has 0 bridgehead atoms. The Morgan fingerprint density at radius 2 is 1.91 bits per heavy atom. The molecule has 4 N–H and O–H groups in total. The second-order valence-electron chi connectivity index (χ2n) is 9.69. The minimum Gasteiger partial charge on any atom is -0.507 e. The van der Waals surface area contributed by atoms with Crippen LogP contribution in [0.15, 0.2) is 23.0 Å². The van der Waals surface area contributed by atoms with E-state index in [2.05, 4.69) is 5.16 Å². The van der Waals surface area contributed by atoms with Crippen molar-refractivity contribution in [2.75, 3.05) is 19.0 Å². The van der Waals surface area contributed by atoms with E-state index in [0.29, 0.717) is 16.8 Å². The summed E-state index contributed by atoms with van der Waals surface area (Å²) in [5.41, 5.74) is 4.31. The number of carbonyl (C=O) groups is 5. The fraction of sp³-hybridized carbons (Fsp3) is 0.417. The lowest BCUT2D eigenvalue weighted by molar-refractivity contribution is -0.175. The van der Waals surface area contributed by atoms with Gasteiger partial charge in [-0.2, -0.15) is 0 Å². The number of aromatic nitrogens is 1. The summed E-state index contributed by atoms with van der Waals surface area (Å²) in [6.07, 6.45) is 2.55. The summed E-state index contributed by atoms with van der Waals surface area (Å²) in [5, 5.41) is 26.0. The van der Waals surface area contributed by atoms with Gasteiger partial charge in [0.2, 0.25) is 5.91 Å². The van der Waals surface area contributed by atoms with Crippen LogP contribution in [0.2, 0.25) is 0 Å². The van der Waals surface area contributed by atoms with E-state index < -0.39 is 58.3 Å². The second kappa shape index (κ2) is 7.57. The van der Waals surface area contributed by atoms with Crippen LogP contribution in [0.5, 0.6) is 5.75 Å². The zero-order chi connectivity index (χ0) is 25.4. The van der Waals surface area contributed by atoms with Crippen LogP contribution in [0, 0.1) is 23.7 Å². The first-order valence-corrected chi connectivity index (χ1v) is 11.1. The van der Waals surface area contributed by atoms with Crippen molar-refractivity contribution >= 4 is 34.7 Å². The van der Waals surface area contributed by atoms with Gasteiger partial charge in [0.1, 0.15) is 12.0 Å². The number of hydrogen-bond donors (Lipinski definition) is 3. The number of hydrogen-bond acceptors (Lipinski definition) is 10. The van der Waals surface area contributed by atoms with Crippen LogP contribution < -0.4 is 10.6 Å². The molecule has 2 fully saturated rings. The highest BCUT2D eigenvalue weighted by molar-refractivity contribution is 6.31. The lowest BCUT2D eigenvalue weighted by Crippen LogP contribution is -2.68. The van der Waals surface area contributed by atoms with E-state index in [9.17, 15) is 34.2 Å². The Hall–Kier alpha value is -3.86. The smallest absolute Gasteiger partial charge is 0.235 e. The molecule has 1 aromatic carbocycles. The van der Waals surface area contributed by atoms with Gasteiger partial charge in [-0.15, -0.1) is 0 Å². The maximum atomic E-state index is 13.8. The molecule has 2 saturated carbocycles. The van der Waals surface area contributed by atoms with Gasteiger partial charge >= 0.3 is 0 Å². The molecule has 1 aromatic heterocycles. The standard InChI is InChI=1S/C24H23N3O8/c1-27(2)14-6-12(10-7-26-35-8-10)19(29)17-13(14)4-9-3-11-5-15(28)18(23(25)33)22(32)24(11,34)21(31)16(9)20(17)30/h6-9,11,16,18,29,34H,3-5H2,1-2H3,(H2,25,33)/t9-,11+,16?,18?,24+/m1/s1. The molecule has 3 aliphatic carbocycles. The van der Waals surface area contributed by atoms with Crippen LogP contribution in [-0.2, 0) is 25.6 Å². The summed E-state index contributed by atoms with van der Waals surface area (Å²) in [6, 6.07) is 1.69. The predicted octanol–water partition coefficient (Wildman–Crippen LogP) is 0.0479. The third kappa shape index (κ3) is 3.00. The zero-order valence-electron chi connectivity index (χ0n) is 19.0. The van der Waals surface area contributed by atoms with Gasteiger partial charge in [-0.25, -0.2) is 0 Å². The van der Waals surface area contributed by atoms with Crippen LogP contribution in [0.3, 0.4) is 0 Å². The quantitative estimate of drug-likeness (QED) is 0.507. The number of rotatable bonds is 3. The first-order chi connectivity index (χ1) is 16.5. The van der Waals surface area contributed by atoms with E-state index in [1.54, 1.807) is 25.1 Å². The largest absolute Gasteiger partial charge is 0.507 e. The van der Waals surface area contributed by atoms with Gasteiger partial charge in [-0.1, -0.05) is 5.16 Å². The average Bonchev–Trinajstić information content (AvgIpc) is 3.30. The molecule has 3 aliphatic rings. The van der Waals surface area contributed by atoms with Crippen molar-refractivity contribution in [1.82, 2.24) is 5.16 Å². The molecule has 1 amide bonds. The van der Waals surface area contributed by atoms with Crippen LogP contribution in [0.1, 0.15) is 28.8 Å². The molecular weight excluding hydrogens is 458 g/mol. The first kappa shape index (κ1) is 22.9. The summed E-state index contributed by atoms with van der Waals surface area (Å²) in [5.74, 6) is -10.4. The van der Waals surface area contributed by atoms with Crippen LogP contribution in [-0.4, -0.2) is 64.1 Å². The average molecular weight is 481 g/mol. The molecule has 182 valence electrons. The van der Waals surface area contributed by atoms with Gasteiger partial charge in [-0.3, -0.25) is 24.0 Å². The Kier molecular flexibility index (Phi) is 4.96. The van der Waals surface area contributed by atoms with E-state index in [0.717, 1.165) is 0 Å². The lowest BCUT2D eigenvalue weighted by Gasteiger charge is -2.48. The Labute approximate surface area is 198 Å². The zero-order valence-corrected chi connectivity index (χ0v) is 19.0. The van der Waals surface area contributed by atoms with E-state index in [4.69, 9.17) is 10.3 Å². The predicted molar refractivity (Wildman–Crippen MR) is 118 cm³/mol. The van der Waals surface area contributed by atoms with Crippen molar-refractivity contribution in [2.24, 2.45) is 29.4 Å². The molecule has 5 atom stereocenters. The van der Waals surface area contributed by atoms with Crippen molar-refractivity contribution in [3.8, 4) is 16.9 Å². The monoisotopic (exact) mass is 481 g/mol. The maximum absolute atomic E-state index is 13.8. The van der Waals surface area contributed by atoms with E-state index >= 15 is 0 Å². The van der Waals surface area contributed by atoms with Crippen LogP contribution in [0.4, 0.5) is 5.69 Å². The Morgan fingerprint density at radius 1 is 1.20 bits per heavy atom. The number of nitrogens with two attached hydrogens (primary N) is 1. The SMILES string of the molecule is CN(C)c1cc(-c2cnoc2)c(O)c2c1C[C@H]1C[C@H]3CC(=O)C(C(N)=O)C(=O)[C@@]3(O)C(=O)C1C2=O. The van der Waals surface area contributed by atoms with Gasteiger partial charge < -0.3 is 25.4 Å². The number of anilines is 1. The third-order valence-corrected chi connectivity index (χ3v) is 7.60. The lowest BCUT2D eigenvalue weighted by atomic mass is 9.53. The highest BCUT2D eigenvalue weighted by atomic mass is 16.5. The van der Waals surface area contributed by atoms with E-state index in [1.807, 2.05) is 0 Å². The number of phenolic OH excluding ortho intramolecular Hbond substituents is 1. The fourth-order valence-electron chi connectivity index (χ4n) is 5.97. The molecule has 11 nitrogen and oxygen atoms in total. The Balaban J connectivity index is 1.66. The van der Waals surface area contributed by atoms with Crippen LogP contribution >= 0.6 is 0 Å². The third-order valence-electron chi connectivity index (χ3n) is 7.60. The number of phenols is 1. The van der Waals surface area contributed by atoms with Gasteiger partial charge in [0, 0.05) is 43.2 Å². The number of ketones is 4. The number of aliphatic hydroxyl groups is 1. The molecule has 5 rings (SSSR count). The number of amides is 1. The van der Waals surface area contributed by atoms with Crippen molar-refractivity contribution in [1.29, 1.82) is 0 Å². The molecule has 35 heavy (non-hydrogen) atoms. The molecule has 0 radical (unpaired) electrons. The summed E-state index contributed by atoms with van der Waals surface area (Å²) in [4.78, 5) is 66.3. The topological polar surface area (TPSA) is 181 Å². The number of aromatic hydroxyl groups is 1. The second-order valence-corrected chi connectivity index (χ2v) is 9.69. The summed E-state index contributed by atoms with van der Waals surface area (Å²) < 4.78 is 4.87. The normalized spacial score (nSPS) is 29.9. The Morgan fingerprint density at radius 3 is 2.51 bits per heavy atom. The number of carbonyl (C=O) groups excluding carboxylic acids is 5. The van der Waals surface area contributed by atoms with Gasteiger partial charge in [0.15, 0.2) is 34.7 Å². The molecular formula is C24H23N3O8. The van der Waals surface area contributed by atoms with Gasteiger partial charge in [-0.05, 0) is 30.4 Å². The number of fused-ring (bicyclic) bond motifs is 3. The highest BCUT2D eigenvalue weighted by Crippen LogP contribution is 2.52. The minimum absolute atomic E-state index is 0.0437. The molecule has 0 saturated heterocycles. The van der Waals surface area contributed by atoms with Gasteiger partial charge in [0.05, 0.1) is 17.7 Å². The van der Waals surface area contributed by atoms with Crippen molar-refractivity contribution in [2.45, 2.75) is 24.9 Å². The summed E-state index contributed by atoms with van der Waals surface area (Å²) in [6.45, 7) is 0. The molecule has 1 heterocycles. The van der Waals surface area contributed by atoms with Gasteiger partial charge in [0.25, 0.3) is 0 Å². The number of nitrogens with zero attached hydrogens (tertiary/aromatic N) is 2. The van der Waals surface area contributed by atoms with Crippen LogP contribution in [0.25, 0.3) is 11.1 Å². The Bertz CT molecular complexity index is 1310. The van der Waals surface area contributed by atoms with E-state index in [1.165, 1.54) is 12.5 Å². The molecule has 0 aliphatic heterocycles. The molecule has 2 aromatic rings. The molecule has 0 spiro atoms. The minimum atomic E-state index is -2.67. The maximum Gasteiger partial charge on any atom is 0.235 e. The molecule has 2 unspecified atom stereocenters. The summed E-state index contributed by atoms with van der Waals surface area (Å²) >= 11 is 0. The summed E-state index contributed by atoms with van der Waals surface area (Å²) in [7, 11) is 3.54. The number of primary amides is 1. The number of benzene rings is 1.